The molecule has 46 heavy (non-hydrogen) atoms. The Morgan fingerprint density at radius 3 is 1.00 bits per heavy atom. The molecule has 8 heteroatoms. The van der Waals surface area contributed by atoms with Crippen LogP contribution in [0.4, 0.5) is 0 Å². The number of hydrogen-bond acceptors (Lipinski definition) is 8. The van der Waals surface area contributed by atoms with Crippen LogP contribution in [0.1, 0.15) is 150 Å². The minimum Gasteiger partial charge on any atom is -0.452 e. The zero-order valence-corrected chi connectivity index (χ0v) is 31.1. The van der Waals surface area contributed by atoms with Crippen LogP contribution in [-0.2, 0) is 0 Å². The lowest BCUT2D eigenvalue weighted by atomic mass is 10.0. The SMILES string of the molecule is C.C.C.CC(C)(C)C.CC(C)(C)C.CC(C)(C)C.CC(C)(C)C.Cc1cnco1.Cc1cocn1.Cc1ncco1.c1cocn1. The summed E-state index contributed by atoms with van der Waals surface area (Å²) in [6, 6.07) is 0. The summed E-state index contributed by atoms with van der Waals surface area (Å²) in [7, 11) is 0. The maximum Gasteiger partial charge on any atom is 0.190 e. The Kier molecular flexibility index (Phi) is 40.4. The van der Waals surface area contributed by atoms with Crippen molar-refractivity contribution in [2.24, 2.45) is 21.7 Å². The van der Waals surface area contributed by atoms with Crippen molar-refractivity contribution >= 4 is 0 Å². The molecule has 4 rings (SSSR count). The van der Waals surface area contributed by atoms with Crippen molar-refractivity contribution < 1.29 is 17.7 Å². The fourth-order valence-electron chi connectivity index (χ4n) is 1.02. The predicted octanol–water partition coefficient (Wildman–Crippen LogP) is 13.7. The van der Waals surface area contributed by atoms with Gasteiger partial charge in [-0.2, -0.15) is 0 Å². The van der Waals surface area contributed by atoms with E-state index in [2.05, 4.69) is 140 Å². The molecule has 0 amide bonds. The molecule has 4 aromatic heterocycles. The van der Waals surface area contributed by atoms with Crippen molar-refractivity contribution in [3.63, 3.8) is 0 Å². The van der Waals surface area contributed by atoms with Gasteiger partial charge in [0, 0.05) is 6.92 Å². The first-order valence-electron chi connectivity index (χ1n) is 14.6. The van der Waals surface area contributed by atoms with Gasteiger partial charge < -0.3 is 17.7 Å². The van der Waals surface area contributed by atoms with Crippen molar-refractivity contribution in [2.45, 2.75) is 154 Å². The van der Waals surface area contributed by atoms with E-state index in [0.29, 0.717) is 21.7 Å². The standard InChI is InChI=1S/4C5H12.3C4H5NO.C3H3NO.3CH4/c4*1-5(2,3)4;1-4-2-6-3-5-4;1-4-2-5-3-6-4;1-4-5-2-3-6-4;1-2-5-3-4-1;;;/h4*1-4H3;3*2-3H,1H3;1-3H;3*1H4. The van der Waals surface area contributed by atoms with Crippen molar-refractivity contribution in [3.05, 3.63) is 73.9 Å². The Labute approximate surface area is 286 Å². The molecule has 4 aromatic rings. The highest BCUT2D eigenvalue weighted by Crippen LogP contribution is 2.09. The molecule has 274 valence electrons. The van der Waals surface area contributed by atoms with E-state index in [0.717, 1.165) is 17.3 Å². The zero-order chi connectivity index (χ0) is 34.8. The average Bonchev–Trinajstić information content (AvgIpc) is 3.55. The molecule has 0 aliphatic carbocycles. The molecular weight excluding hydrogens is 576 g/mol. The highest BCUT2D eigenvalue weighted by atomic mass is 16.3. The summed E-state index contributed by atoms with van der Waals surface area (Å²) < 4.78 is 18.5. The highest BCUT2D eigenvalue weighted by molar-refractivity contribution is 4.83. The van der Waals surface area contributed by atoms with E-state index in [1.165, 1.54) is 25.4 Å². The molecule has 0 N–H and O–H groups in total. The molecule has 0 saturated heterocycles. The third-order valence-corrected chi connectivity index (χ3v) is 2.01. The van der Waals surface area contributed by atoms with Gasteiger partial charge in [0.1, 0.15) is 24.5 Å². The Bertz CT molecular complexity index is 831. The van der Waals surface area contributed by atoms with Gasteiger partial charge in [0.25, 0.3) is 0 Å². The van der Waals surface area contributed by atoms with E-state index in [9.17, 15) is 0 Å². The van der Waals surface area contributed by atoms with Crippen LogP contribution >= 0.6 is 0 Å². The lowest BCUT2D eigenvalue weighted by Crippen LogP contribution is -1.93. The molecule has 0 bridgehead atoms. The molecule has 0 fully saturated rings. The smallest absolute Gasteiger partial charge is 0.190 e. The van der Waals surface area contributed by atoms with Crippen molar-refractivity contribution in [1.29, 1.82) is 0 Å². The van der Waals surface area contributed by atoms with Crippen molar-refractivity contribution in [1.82, 2.24) is 19.9 Å². The molecular formula is C38H78N4O4. The molecule has 4 heterocycles. The molecule has 0 radical (unpaired) electrons. The lowest BCUT2D eigenvalue weighted by molar-refractivity contribution is 0.469. The summed E-state index contributed by atoms with van der Waals surface area (Å²) in [6.45, 7) is 40.5. The topological polar surface area (TPSA) is 104 Å². The fourth-order valence-corrected chi connectivity index (χ4v) is 1.02. The van der Waals surface area contributed by atoms with Gasteiger partial charge in [-0.1, -0.05) is 133 Å². The van der Waals surface area contributed by atoms with Crippen LogP contribution in [0.3, 0.4) is 0 Å². The van der Waals surface area contributed by atoms with Crippen LogP contribution < -0.4 is 0 Å². The Morgan fingerprint density at radius 2 is 0.913 bits per heavy atom. The summed E-state index contributed by atoms with van der Waals surface area (Å²) in [5, 5.41) is 0. The van der Waals surface area contributed by atoms with Gasteiger partial charge in [-0.3, -0.25) is 0 Å². The summed E-state index contributed by atoms with van der Waals surface area (Å²) in [4.78, 5) is 14.7. The maximum absolute atomic E-state index is 4.72. The molecule has 0 unspecified atom stereocenters. The summed E-state index contributed by atoms with van der Waals surface area (Å²) in [5.41, 5.74) is 2.93. The molecule has 0 atom stereocenters. The Morgan fingerprint density at radius 1 is 0.478 bits per heavy atom. The summed E-state index contributed by atoms with van der Waals surface area (Å²) in [5.74, 6) is 1.57. The maximum atomic E-state index is 4.72. The largest absolute Gasteiger partial charge is 0.452 e. The van der Waals surface area contributed by atoms with Gasteiger partial charge in [0.05, 0.1) is 24.3 Å². The van der Waals surface area contributed by atoms with Crippen molar-refractivity contribution in [3.8, 4) is 0 Å². The normalized spacial score (nSPS) is 9.54. The molecule has 0 aliphatic heterocycles. The predicted molar refractivity (Wildman–Crippen MR) is 201 cm³/mol. The lowest BCUT2D eigenvalue weighted by Gasteiger charge is -2.05. The van der Waals surface area contributed by atoms with E-state index in [-0.39, 0.29) is 22.3 Å². The quantitative estimate of drug-likeness (QED) is 0.184. The van der Waals surface area contributed by atoms with E-state index in [4.69, 9.17) is 8.83 Å². The average molecular weight is 655 g/mol. The van der Waals surface area contributed by atoms with Gasteiger partial charge in [-0.05, 0) is 35.5 Å². The fraction of sp³-hybridized carbons (Fsp3) is 0.684. The first kappa shape index (κ1) is 58.4. The molecule has 0 aliphatic rings. The van der Waals surface area contributed by atoms with Gasteiger partial charge in [-0.15, -0.1) is 0 Å². The van der Waals surface area contributed by atoms with Crippen LogP contribution in [0.15, 0.2) is 74.2 Å². The van der Waals surface area contributed by atoms with Gasteiger partial charge in [-0.25, -0.2) is 19.9 Å². The van der Waals surface area contributed by atoms with Crippen LogP contribution in [0.2, 0.25) is 0 Å². The van der Waals surface area contributed by atoms with E-state index in [1.54, 1.807) is 38.0 Å². The van der Waals surface area contributed by atoms with Gasteiger partial charge in [0.15, 0.2) is 25.1 Å². The molecule has 0 aromatic carbocycles. The van der Waals surface area contributed by atoms with E-state index < -0.39 is 0 Å². The molecule has 8 nitrogen and oxygen atoms in total. The second-order valence-corrected chi connectivity index (χ2v) is 16.0. The van der Waals surface area contributed by atoms with E-state index >= 15 is 0 Å². The Hall–Kier alpha value is -3.16. The van der Waals surface area contributed by atoms with Gasteiger partial charge in [0.2, 0.25) is 0 Å². The number of aromatic nitrogens is 4. The molecule has 0 saturated carbocycles. The zero-order valence-electron chi connectivity index (χ0n) is 31.1. The number of rotatable bonds is 0. The van der Waals surface area contributed by atoms with Gasteiger partial charge >= 0.3 is 0 Å². The van der Waals surface area contributed by atoms with Crippen LogP contribution in [0, 0.1) is 42.4 Å². The minimum atomic E-state index is 0. The third kappa shape index (κ3) is 124. The second-order valence-electron chi connectivity index (χ2n) is 16.0. The van der Waals surface area contributed by atoms with Crippen LogP contribution in [-0.4, -0.2) is 19.9 Å². The number of hydrogen-bond donors (Lipinski definition) is 0. The number of nitrogens with zero attached hydrogens (tertiary/aromatic N) is 4. The molecule has 0 spiro atoms. The van der Waals surface area contributed by atoms with Crippen LogP contribution in [0.5, 0.6) is 0 Å². The highest BCUT2D eigenvalue weighted by Gasteiger charge is 1.97. The summed E-state index contributed by atoms with van der Waals surface area (Å²) >= 11 is 0. The van der Waals surface area contributed by atoms with Crippen LogP contribution in [0.25, 0.3) is 0 Å². The number of oxazole rings is 4. The van der Waals surface area contributed by atoms with Crippen molar-refractivity contribution in [2.75, 3.05) is 0 Å². The second kappa shape index (κ2) is 31.8. The number of aryl methyl sites for hydroxylation is 3. The Balaban J connectivity index is -0.0000000751. The first-order valence-corrected chi connectivity index (χ1v) is 14.6. The summed E-state index contributed by atoms with van der Waals surface area (Å²) in [6.07, 6.45) is 13.7. The minimum absolute atomic E-state index is 0. The monoisotopic (exact) mass is 655 g/mol. The third-order valence-electron chi connectivity index (χ3n) is 2.01. The first-order chi connectivity index (χ1) is 19.2. The van der Waals surface area contributed by atoms with E-state index in [1.807, 2.05) is 13.8 Å².